The highest BCUT2D eigenvalue weighted by atomic mass is 31.2. The van der Waals surface area contributed by atoms with Crippen LogP contribution in [0.2, 0.25) is 0 Å². The number of unbranched alkanes of at least 4 members (excludes halogenated alkanes) is 7. The molecule has 22 heavy (non-hydrogen) atoms. The first-order chi connectivity index (χ1) is 10.5. The molecule has 0 heterocycles. The van der Waals surface area contributed by atoms with Crippen LogP contribution in [0.25, 0.3) is 0 Å². The van der Waals surface area contributed by atoms with E-state index in [9.17, 15) is 9.36 Å². The first kappa shape index (κ1) is 21.6. The summed E-state index contributed by atoms with van der Waals surface area (Å²) in [5.41, 5.74) is 0. The van der Waals surface area contributed by atoms with Crippen molar-refractivity contribution >= 4 is 13.7 Å². The summed E-state index contributed by atoms with van der Waals surface area (Å²) >= 11 is 0. The normalized spacial score (nSPS) is 13.8. The lowest BCUT2D eigenvalue weighted by atomic mass is 10.1. The van der Waals surface area contributed by atoms with Crippen molar-refractivity contribution in [2.24, 2.45) is 0 Å². The van der Waals surface area contributed by atoms with Gasteiger partial charge in [-0.1, -0.05) is 45.4 Å². The van der Waals surface area contributed by atoms with E-state index in [2.05, 4.69) is 16.8 Å². The van der Waals surface area contributed by atoms with E-state index in [-0.39, 0.29) is 12.5 Å². The average molecular weight is 337 g/mol. The Balaban J connectivity index is 3.28. The zero-order valence-corrected chi connectivity index (χ0v) is 14.9. The van der Waals surface area contributed by atoms with Gasteiger partial charge in [-0.15, -0.1) is 0 Å². The summed E-state index contributed by atoms with van der Waals surface area (Å²) in [4.78, 5) is 20.6. The lowest BCUT2D eigenvalue weighted by Crippen LogP contribution is -2.23. The van der Waals surface area contributed by atoms with Crippen LogP contribution in [0.15, 0.2) is 0 Å². The molecule has 7 heteroatoms. The minimum Gasteiger partial charge on any atom is -0.356 e. The monoisotopic (exact) mass is 337 g/mol. The van der Waals surface area contributed by atoms with Crippen LogP contribution in [0.4, 0.5) is 0 Å². The largest absolute Gasteiger partial charge is 0.471 e. The molecule has 1 atom stereocenters. The second kappa shape index (κ2) is 14.2. The topological polar surface area (TPSA) is 84.9 Å². The Morgan fingerprint density at radius 3 is 2.36 bits per heavy atom. The van der Waals surface area contributed by atoms with Crippen molar-refractivity contribution in [3.8, 4) is 0 Å². The molecule has 1 amide bonds. The van der Waals surface area contributed by atoms with Crippen molar-refractivity contribution in [2.45, 2.75) is 71.1 Å². The van der Waals surface area contributed by atoms with E-state index < -0.39 is 7.82 Å². The first-order valence-corrected chi connectivity index (χ1v) is 9.81. The number of phosphoric ester groups is 1. The number of carbonyl (C=O) groups is 1. The number of phosphoric acid groups is 1. The number of nitrogens with one attached hydrogen (secondary N) is 1. The van der Waals surface area contributed by atoms with Crippen molar-refractivity contribution in [1.82, 2.24) is 5.32 Å². The maximum atomic E-state index is 11.6. The van der Waals surface area contributed by atoms with Gasteiger partial charge in [-0.3, -0.25) is 13.8 Å². The van der Waals surface area contributed by atoms with Crippen LogP contribution in [0.3, 0.4) is 0 Å². The minimum atomic E-state index is -3.82. The second-order valence-corrected chi connectivity index (χ2v) is 6.97. The van der Waals surface area contributed by atoms with Gasteiger partial charge in [0.05, 0.1) is 6.61 Å². The first-order valence-electron chi connectivity index (χ1n) is 8.31. The molecule has 0 aromatic rings. The number of amides is 1. The Kier molecular flexibility index (Phi) is 13.9. The Morgan fingerprint density at radius 2 is 1.68 bits per heavy atom. The summed E-state index contributed by atoms with van der Waals surface area (Å²) in [5.74, 6) is 0.140. The molecule has 0 saturated heterocycles. The Bertz CT molecular complexity index is 325. The maximum Gasteiger partial charge on any atom is 0.471 e. The van der Waals surface area contributed by atoms with Crippen LogP contribution in [0.1, 0.15) is 71.1 Å². The maximum absolute atomic E-state index is 11.6. The smallest absolute Gasteiger partial charge is 0.356 e. The molecule has 0 bridgehead atoms. The van der Waals surface area contributed by atoms with E-state index in [0.717, 1.165) is 39.2 Å². The highest BCUT2D eigenvalue weighted by Gasteiger charge is 2.17. The minimum absolute atomic E-state index is 0.140. The fourth-order valence-corrected chi connectivity index (χ4v) is 2.48. The fraction of sp³-hybridized carbons (Fsp3) is 0.933. The molecule has 2 N–H and O–H groups in total. The van der Waals surface area contributed by atoms with Gasteiger partial charge in [0.25, 0.3) is 0 Å². The predicted molar refractivity (Wildman–Crippen MR) is 87.6 cm³/mol. The van der Waals surface area contributed by atoms with Crippen molar-refractivity contribution in [3.63, 3.8) is 0 Å². The quantitative estimate of drug-likeness (QED) is 0.351. The molecule has 0 aliphatic rings. The van der Waals surface area contributed by atoms with Crippen LogP contribution < -0.4 is 5.32 Å². The zero-order valence-electron chi connectivity index (χ0n) is 14.0. The summed E-state index contributed by atoms with van der Waals surface area (Å²) in [7, 11) is -2.68. The highest BCUT2D eigenvalue weighted by Crippen LogP contribution is 2.41. The Labute approximate surface area is 134 Å². The van der Waals surface area contributed by atoms with E-state index in [1.54, 1.807) is 0 Å². The van der Waals surface area contributed by atoms with Crippen molar-refractivity contribution in [2.75, 3.05) is 20.3 Å². The molecule has 0 aliphatic carbocycles. The van der Waals surface area contributed by atoms with Crippen molar-refractivity contribution in [1.29, 1.82) is 0 Å². The van der Waals surface area contributed by atoms with Crippen LogP contribution >= 0.6 is 7.82 Å². The predicted octanol–water partition coefficient (Wildman–Crippen LogP) is 3.79. The summed E-state index contributed by atoms with van der Waals surface area (Å²) in [5, 5.41) is 2.92. The summed E-state index contributed by atoms with van der Waals surface area (Å²) < 4.78 is 20.0. The summed E-state index contributed by atoms with van der Waals surface area (Å²) in [6.45, 7) is 3.09. The van der Waals surface area contributed by atoms with Gasteiger partial charge in [-0.25, -0.2) is 4.57 Å². The highest BCUT2D eigenvalue weighted by molar-refractivity contribution is 7.47. The standard InChI is InChI=1S/C15H32NO5P/c1-3-4-5-6-9-12-15(17)16-13-10-7-8-11-14-21-22(18,19)20-2/h3-14H2,1-2H3,(H,16,17)(H,18,19). The van der Waals surface area contributed by atoms with Crippen LogP contribution in [-0.2, 0) is 18.4 Å². The van der Waals surface area contributed by atoms with Gasteiger partial charge in [-0.2, -0.15) is 0 Å². The molecule has 0 aromatic heterocycles. The molecule has 0 saturated carbocycles. The molecule has 132 valence electrons. The number of carbonyl (C=O) groups excluding carboxylic acids is 1. The SMILES string of the molecule is CCCCCCCC(=O)NCCCCCCOP(=O)(O)OC. The molecule has 0 spiro atoms. The molecule has 0 fully saturated rings. The van der Waals surface area contributed by atoms with Crippen molar-refractivity contribution in [3.05, 3.63) is 0 Å². The van der Waals surface area contributed by atoms with Gasteiger partial charge in [0.2, 0.25) is 5.91 Å². The number of hydrogen-bond acceptors (Lipinski definition) is 4. The van der Waals surface area contributed by atoms with Gasteiger partial charge >= 0.3 is 7.82 Å². The van der Waals surface area contributed by atoms with Crippen LogP contribution in [0, 0.1) is 0 Å². The van der Waals surface area contributed by atoms with Crippen LogP contribution in [0.5, 0.6) is 0 Å². The molecule has 1 unspecified atom stereocenters. The Hall–Kier alpha value is -0.420. The van der Waals surface area contributed by atoms with Crippen molar-refractivity contribution < 1.29 is 23.3 Å². The lowest BCUT2D eigenvalue weighted by Gasteiger charge is -2.08. The van der Waals surface area contributed by atoms with E-state index >= 15 is 0 Å². The van der Waals surface area contributed by atoms with E-state index in [1.165, 1.54) is 19.3 Å². The molecule has 0 rings (SSSR count). The third kappa shape index (κ3) is 14.5. The molecule has 0 aromatic carbocycles. The third-order valence-corrected chi connectivity index (χ3v) is 4.36. The molecular formula is C15H32NO5P. The zero-order chi connectivity index (χ0) is 16.7. The van der Waals surface area contributed by atoms with Gasteiger partial charge in [0, 0.05) is 20.1 Å². The molecular weight excluding hydrogens is 305 g/mol. The molecule has 0 aliphatic heterocycles. The average Bonchev–Trinajstić information content (AvgIpc) is 2.49. The fourth-order valence-electron chi connectivity index (χ4n) is 2.02. The number of hydrogen-bond donors (Lipinski definition) is 2. The van der Waals surface area contributed by atoms with Gasteiger partial charge in [0.1, 0.15) is 0 Å². The van der Waals surface area contributed by atoms with Crippen LogP contribution in [-0.4, -0.2) is 31.1 Å². The van der Waals surface area contributed by atoms with Gasteiger partial charge in [-0.05, 0) is 19.3 Å². The Morgan fingerprint density at radius 1 is 1.05 bits per heavy atom. The van der Waals surface area contributed by atoms with Gasteiger partial charge in [0.15, 0.2) is 0 Å². The molecule has 0 radical (unpaired) electrons. The number of rotatable bonds is 15. The second-order valence-electron chi connectivity index (χ2n) is 5.41. The lowest BCUT2D eigenvalue weighted by molar-refractivity contribution is -0.121. The van der Waals surface area contributed by atoms with E-state index in [1.807, 2.05) is 0 Å². The molecule has 6 nitrogen and oxygen atoms in total. The van der Waals surface area contributed by atoms with E-state index in [0.29, 0.717) is 19.4 Å². The van der Waals surface area contributed by atoms with Gasteiger partial charge < -0.3 is 10.2 Å². The van der Waals surface area contributed by atoms with E-state index in [4.69, 9.17) is 9.42 Å². The summed E-state index contributed by atoms with van der Waals surface area (Å²) in [6.07, 6.45) is 9.92. The summed E-state index contributed by atoms with van der Waals surface area (Å²) in [6, 6.07) is 0. The third-order valence-electron chi connectivity index (χ3n) is 3.39.